The topological polar surface area (TPSA) is 71.0 Å². The lowest BCUT2D eigenvalue weighted by molar-refractivity contribution is -0.140. The molecule has 4 aromatic rings. The fourth-order valence-corrected chi connectivity index (χ4v) is 6.15. The average Bonchev–Trinajstić information content (AvgIpc) is 3.36. The van der Waals surface area contributed by atoms with Gasteiger partial charge in [-0.2, -0.15) is 0 Å². The number of hydrogen-bond donors (Lipinski definition) is 1. The van der Waals surface area contributed by atoms with Gasteiger partial charge in [0.25, 0.3) is 5.56 Å². The van der Waals surface area contributed by atoms with Gasteiger partial charge in [0.05, 0.1) is 10.9 Å². The Morgan fingerprint density at radius 3 is 2.77 bits per heavy atom. The van der Waals surface area contributed by atoms with Gasteiger partial charge in [-0.05, 0) is 30.7 Å². The molecule has 0 unspecified atom stereocenters. The van der Waals surface area contributed by atoms with Gasteiger partial charge in [-0.15, -0.1) is 11.8 Å². The van der Waals surface area contributed by atoms with E-state index in [1.807, 2.05) is 60.5 Å². The van der Waals surface area contributed by atoms with Gasteiger partial charge in [0.1, 0.15) is 16.7 Å². The van der Waals surface area contributed by atoms with Crippen LogP contribution in [0.2, 0.25) is 0 Å². The van der Waals surface area contributed by atoms with Crippen molar-refractivity contribution in [3.05, 3.63) is 76.5 Å². The average molecular weight is 417 g/mol. The number of rotatable bonds is 2. The SMILES string of the molecule is C[C@@]12SCCN1C(=O)[C@@H](Cc1c[nH]c3ccccc13)n1c2nc2ccccc2c1=O. The second kappa shape index (κ2) is 6.22. The highest BCUT2D eigenvalue weighted by molar-refractivity contribution is 8.00. The number of amides is 1. The summed E-state index contributed by atoms with van der Waals surface area (Å²) in [6, 6.07) is 14.8. The van der Waals surface area contributed by atoms with Gasteiger partial charge in [0.15, 0.2) is 0 Å². The van der Waals surface area contributed by atoms with Gasteiger partial charge < -0.3 is 9.88 Å². The van der Waals surface area contributed by atoms with E-state index in [9.17, 15) is 9.59 Å². The predicted molar refractivity (Wildman–Crippen MR) is 119 cm³/mol. The first-order valence-corrected chi connectivity index (χ1v) is 11.1. The fraction of sp³-hybridized carbons (Fsp3) is 0.261. The van der Waals surface area contributed by atoms with Crippen LogP contribution in [0.3, 0.4) is 0 Å². The molecule has 1 amide bonds. The molecular weight excluding hydrogens is 396 g/mol. The third-order valence-corrected chi connectivity index (χ3v) is 7.74. The summed E-state index contributed by atoms with van der Waals surface area (Å²) in [5.41, 5.74) is 2.61. The van der Waals surface area contributed by atoms with Gasteiger partial charge in [-0.1, -0.05) is 30.3 Å². The number of nitrogens with one attached hydrogen (secondary N) is 1. The Kier molecular flexibility index (Phi) is 3.68. The Morgan fingerprint density at radius 1 is 1.13 bits per heavy atom. The number of carbonyl (C=O) groups is 1. The monoisotopic (exact) mass is 416 g/mol. The molecule has 6 nitrogen and oxygen atoms in total. The normalized spacial score (nSPS) is 23.2. The molecular formula is C23H20N4O2S. The summed E-state index contributed by atoms with van der Waals surface area (Å²) in [6.45, 7) is 2.69. The Bertz CT molecular complexity index is 1390. The van der Waals surface area contributed by atoms with Crippen LogP contribution in [0.1, 0.15) is 24.4 Å². The molecule has 1 N–H and O–H groups in total. The van der Waals surface area contributed by atoms with Gasteiger partial charge in [0.2, 0.25) is 5.91 Å². The third-order valence-electron chi connectivity index (χ3n) is 6.39. The first-order chi connectivity index (χ1) is 14.6. The highest BCUT2D eigenvalue weighted by Crippen LogP contribution is 2.48. The van der Waals surface area contributed by atoms with Crippen molar-refractivity contribution in [2.24, 2.45) is 0 Å². The van der Waals surface area contributed by atoms with Crippen molar-refractivity contribution in [1.82, 2.24) is 19.4 Å². The first-order valence-electron chi connectivity index (χ1n) is 10.1. The summed E-state index contributed by atoms with van der Waals surface area (Å²) in [6.07, 6.45) is 2.40. The van der Waals surface area contributed by atoms with Crippen molar-refractivity contribution in [2.75, 3.05) is 12.3 Å². The Labute approximate surface area is 176 Å². The molecule has 2 aromatic carbocycles. The largest absolute Gasteiger partial charge is 0.361 e. The standard InChI is InChI=1S/C23H20N4O2S/c1-23-22-25-18-9-5-3-7-16(18)20(28)27(22)19(21(29)26(23)10-11-30-23)12-14-13-24-17-8-4-2-6-15(14)17/h2-9,13,19,24H,10-12H2,1H3/t19-,23+/m1/s1. The molecule has 0 aliphatic carbocycles. The van der Waals surface area contributed by atoms with Crippen LogP contribution in [0.4, 0.5) is 0 Å². The van der Waals surface area contributed by atoms with Crippen LogP contribution in [0.15, 0.2) is 59.5 Å². The van der Waals surface area contributed by atoms with Crippen molar-refractivity contribution in [2.45, 2.75) is 24.3 Å². The van der Waals surface area contributed by atoms with Crippen molar-refractivity contribution in [1.29, 1.82) is 0 Å². The lowest BCUT2D eigenvalue weighted by atomic mass is 9.99. The van der Waals surface area contributed by atoms with Crippen LogP contribution in [0.5, 0.6) is 0 Å². The zero-order valence-corrected chi connectivity index (χ0v) is 17.3. The van der Waals surface area contributed by atoms with Gasteiger partial charge in [-0.3, -0.25) is 14.2 Å². The molecule has 2 aliphatic rings. The lowest BCUT2D eigenvalue weighted by Crippen LogP contribution is -2.55. The first kappa shape index (κ1) is 17.8. The number of hydrogen-bond acceptors (Lipinski definition) is 4. The number of aromatic amines is 1. The summed E-state index contributed by atoms with van der Waals surface area (Å²) >= 11 is 1.68. The van der Waals surface area contributed by atoms with E-state index in [1.54, 1.807) is 22.4 Å². The van der Waals surface area contributed by atoms with E-state index in [-0.39, 0.29) is 11.5 Å². The summed E-state index contributed by atoms with van der Waals surface area (Å²) in [5.74, 6) is 1.52. The van der Waals surface area contributed by atoms with Crippen molar-refractivity contribution in [3.8, 4) is 0 Å². The van der Waals surface area contributed by atoms with E-state index < -0.39 is 10.9 Å². The van der Waals surface area contributed by atoms with Crippen LogP contribution < -0.4 is 5.56 Å². The molecule has 1 saturated heterocycles. The number of para-hydroxylation sites is 2. The molecule has 0 spiro atoms. The molecule has 150 valence electrons. The van der Waals surface area contributed by atoms with Gasteiger partial charge >= 0.3 is 0 Å². The van der Waals surface area contributed by atoms with Gasteiger partial charge in [0, 0.05) is 35.8 Å². The summed E-state index contributed by atoms with van der Waals surface area (Å²) < 4.78 is 1.67. The minimum absolute atomic E-state index is 0.000498. The lowest BCUT2D eigenvalue weighted by Gasteiger charge is -2.43. The molecule has 0 radical (unpaired) electrons. The molecule has 0 bridgehead atoms. The highest BCUT2D eigenvalue weighted by Gasteiger charge is 2.52. The summed E-state index contributed by atoms with van der Waals surface area (Å²) in [7, 11) is 0. The van der Waals surface area contributed by atoms with Crippen molar-refractivity contribution >= 4 is 39.5 Å². The molecule has 4 heterocycles. The summed E-state index contributed by atoms with van der Waals surface area (Å²) in [4.78, 5) is 36.7. The van der Waals surface area contributed by atoms with Crippen LogP contribution in [0, 0.1) is 0 Å². The maximum atomic E-state index is 13.6. The van der Waals surface area contributed by atoms with Crippen molar-refractivity contribution < 1.29 is 4.79 Å². The number of carbonyl (C=O) groups excluding carboxylic acids is 1. The quantitative estimate of drug-likeness (QED) is 0.544. The highest BCUT2D eigenvalue weighted by atomic mass is 32.2. The van der Waals surface area contributed by atoms with Crippen LogP contribution >= 0.6 is 11.8 Å². The Morgan fingerprint density at radius 2 is 1.90 bits per heavy atom. The number of benzene rings is 2. The van der Waals surface area contributed by atoms with Crippen LogP contribution in [0.25, 0.3) is 21.8 Å². The Hall–Kier alpha value is -3.06. The molecule has 2 aliphatic heterocycles. The number of thioether (sulfide) groups is 1. The third kappa shape index (κ3) is 2.29. The minimum Gasteiger partial charge on any atom is -0.361 e. The molecule has 7 heteroatoms. The van der Waals surface area contributed by atoms with Crippen molar-refractivity contribution in [3.63, 3.8) is 0 Å². The zero-order valence-electron chi connectivity index (χ0n) is 16.5. The molecule has 6 rings (SSSR count). The maximum Gasteiger partial charge on any atom is 0.262 e. The van der Waals surface area contributed by atoms with Gasteiger partial charge in [-0.25, -0.2) is 4.98 Å². The van der Waals surface area contributed by atoms with E-state index in [2.05, 4.69) is 4.98 Å². The summed E-state index contributed by atoms with van der Waals surface area (Å²) in [5, 5.41) is 1.64. The fourth-order valence-electron chi connectivity index (χ4n) is 4.87. The predicted octanol–water partition coefficient (Wildman–Crippen LogP) is 3.42. The zero-order chi connectivity index (χ0) is 20.5. The molecule has 1 fully saturated rings. The number of aromatic nitrogens is 3. The number of fused-ring (bicyclic) bond motifs is 5. The molecule has 2 atom stereocenters. The van der Waals surface area contributed by atoms with E-state index in [4.69, 9.17) is 4.98 Å². The maximum absolute atomic E-state index is 13.6. The second-order valence-electron chi connectivity index (χ2n) is 8.03. The Balaban J connectivity index is 1.60. The smallest absolute Gasteiger partial charge is 0.262 e. The molecule has 2 aromatic heterocycles. The van der Waals surface area contributed by atoms with E-state index in [0.717, 1.165) is 22.2 Å². The molecule has 30 heavy (non-hydrogen) atoms. The van der Waals surface area contributed by atoms with E-state index >= 15 is 0 Å². The second-order valence-corrected chi connectivity index (χ2v) is 9.52. The van der Waals surface area contributed by atoms with Crippen LogP contribution in [-0.4, -0.2) is 37.6 Å². The number of H-pyrrole nitrogens is 1. The van der Waals surface area contributed by atoms with E-state index in [0.29, 0.717) is 29.7 Å². The van der Waals surface area contributed by atoms with Crippen LogP contribution in [-0.2, 0) is 16.1 Å². The van der Waals surface area contributed by atoms with E-state index in [1.165, 1.54) is 0 Å². The number of nitrogens with zero attached hydrogens (tertiary/aromatic N) is 3. The minimum atomic E-state index is -0.614. The molecule has 0 saturated carbocycles.